The first kappa shape index (κ1) is 42.3. The van der Waals surface area contributed by atoms with E-state index in [0.29, 0.717) is 6.54 Å². The molecule has 1 aliphatic carbocycles. The van der Waals surface area contributed by atoms with Crippen LogP contribution in [0.25, 0.3) is 90.9 Å². The molecule has 7 aromatic rings. The maximum atomic E-state index is 12.6. The van der Waals surface area contributed by atoms with Crippen LogP contribution in [0, 0.1) is 73.1 Å². The first-order chi connectivity index (χ1) is 31.5. The summed E-state index contributed by atoms with van der Waals surface area (Å²) in [5.41, 5.74) is 24.1. The molecule has 6 nitrogen and oxygen atoms in total. The smallest absolute Gasteiger partial charge is 0.283 e. The van der Waals surface area contributed by atoms with Crippen LogP contribution in [0.4, 0.5) is 4.79 Å². The summed E-state index contributed by atoms with van der Waals surface area (Å²) >= 11 is 1.20. The van der Waals surface area contributed by atoms with Gasteiger partial charge in [-0.3, -0.25) is 4.79 Å². The van der Waals surface area contributed by atoms with Crippen LogP contribution in [0.2, 0.25) is 0 Å². The Labute approximate surface area is 386 Å². The number of benzene rings is 4. The minimum Gasteiger partial charge on any atom is -0.354 e. The Hall–Kier alpha value is -6.70. The first-order valence-corrected chi connectivity index (χ1v) is 23.1. The number of aryl methyl sites for hydroxylation is 6. The lowest BCUT2D eigenvalue weighted by Gasteiger charge is -2.13. The molecule has 5 radical (unpaired) electrons. The van der Waals surface area contributed by atoms with E-state index in [1.165, 1.54) is 56.6 Å². The number of hydrogen-bond donors (Lipinski definition) is 3. The molecule has 1 saturated carbocycles. The lowest BCUT2D eigenvalue weighted by atomic mass is 9.92. The van der Waals surface area contributed by atoms with Crippen molar-refractivity contribution >= 4 is 63.4 Å². The number of carbonyl (C=O) groups is 1. The highest BCUT2D eigenvalue weighted by Gasteiger charge is 2.23. The molecular weight excluding hydrogens is 815 g/mol. The summed E-state index contributed by atoms with van der Waals surface area (Å²) in [4.78, 5) is 32.4. The van der Waals surface area contributed by atoms with Crippen molar-refractivity contribution in [3.8, 4) is 44.5 Å². The molecule has 2 aliphatic heterocycles. The van der Waals surface area contributed by atoms with E-state index in [2.05, 4.69) is 192 Å². The van der Waals surface area contributed by atoms with Gasteiger partial charge in [-0.25, -0.2) is 9.97 Å². The summed E-state index contributed by atoms with van der Waals surface area (Å²) in [7, 11) is 0. The highest BCUT2D eigenvalue weighted by atomic mass is 32.2. The van der Waals surface area contributed by atoms with Gasteiger partial charge in [0.1, 0.15) is 0 Å². The predicted molar refractivity (Wildman–Crippen MR) is 273 cm³/mol. The second-order valence-corrected chi connectivity index (χ2v) is 18.3. The molecule has 0 saturated heterocycles. The summed E-state index contributed by atoms with van der Waals surface area (Å²) in [5, 5.41) is 2.82. The van der Waals surface area contributed by atoms with Crippen molar-refractivity contribution in [1.29, 1.82) is 0 Å². The summed E-state index contributed by atoms with van der Waals surface area (Å²) in [5.74, 6) is 1.20. The largest absolute Gasteiger partial charge is 0.354 e. The Morgan fingerprint density at radius 1 is 0.492 bits per heavy atom. The molecule has 3 aliphatic rings. The molecule has 10 rings (SSSR count). The third-order valence-electron chi connectivity index (χ3n) is 12.5. The van der Waals surface area contributed by atoms with E-state index in [1.807, 2.05) is 19.1 Å². The standard InChI is InChI=1S/C58H50N5OS/c1-8-59-58(64)65-43-19-17-42(18-20-43)55-46-23-27-50(62-46)56(52-35(4)29-33(2)30-36(52)5)48-25-21-44(60-48)54(41-15-13-40(14-16-41)39-11-9-10-12-39)45-22-26-49(61-45)57(51-28-24-47(55)63-51)53-37(6)31-34(3)32-38(53)7/h9-32,60,63H,8H2,1-7H3,(H,59,64). The normalized spacial score (nSPS) is 13.5. The van der Waals surface area contributed by atoms with Crippen LogP contribution in [0.5, 0.6) is 0 Å². The number of nitrogens with zero attached hydrogens (tertiary/aromatic N) is 2. The molecular formula is C58H50N5OS. The van der Waals surface area contributed by atoms with Crippen molar-refractivity contribution in [3.05, 3.63) is 190 Å². The van der Waals surface area contributed by atoms with Crippen molar-refractivity contribution < 1.29 is 4.79 Å². The summed E-state index contributed by atoms with van der Waals surface area (Å²) in [6, 6.07) is 34.8. The van der Waals surface area contributed by atoms with Gasteiger partial charge in [-0.15, -0.1) is 0 Å². The Balaban J connectivity index is 1.32. The monoisotopic (exact) mass is 864 g/mol. The lowest BCUT2D eigenvalue weighted by molar-refractivity contribution is 0.261. The molecule has 4 aromatic carbocycles. The van der Waals surface area contributed by atoms with Gasteiger partial charge in [-0.2, -0.15) is 0 Å². The van der Waals surface area contributed by atoms with Gasteiger partial charge < -0.3 is 15.3 Å². The zero-order valence-electron chi connectivity index (χ0n) is 37.8. The number of fused-ring (bicyclic) bond motifs is 8. The van der Waals surface area contributed by atoms with Gasteiger partial charge in [0.2, 0.25) is 0 Å². The van der Waals surface area contributed by atoms with E-state index in [4.69, 9.17) is 9.97 Å². The third kappa shape index (κ3) is 8.08. The van der Waals surface area contributed by atoms with E-state index in [0.717, 1.165) is 94.2 Å². The molecule has 65 heavy (non-hydrogen) atoms. The van der Waals surface area contributed by atoms with Gasteiger partial charge in [0.25, 0.3) is 5.24 Å². The van der Waals surface area contributed by atoms with E-state index in [9.17, 15) is 4.79 Å². The second kappa shape index (κ2) is 17.4. The van der Waals surface area contributed by atoms with Crippen molar-refractivity contribution in [1.82, 2.24) is 25.3 Å². The highest BCUT2D eigenvalue weighted by Crippen LogP contribution is 2.42. The van der Waals surface area contributed by atoms with E-state index < -0.39 is 0 Å². The highest BCUT2D eigenvalue weighted by molar-refractivity contribution is 8.13. The van der Waals surface area contributed by atoms with Crippen LogP contribution in [0.15, 0.2) is 102 Å². The number of nitrogens with one attached hydrogen (secondary N) is 3. The Bertz CT molecular complexity index is 3170. The van der Waals surface area contributed by atoms with Crippen molar-refractivity contribution in [2.75, 3.05) is 6.54 Å². The molecule has 1 amide bonds. The molecule has 319 valence electrons. The van der Waals surface area contributed by atoms with Crippen LogP contribution >= 0.6 is 11.8 Å². The number of hydrogen-bond acceptors (Lipinski definition) is 4. The van der Waals surface area contributed by atoms with Crippen molar-refractivity contribution in [3.63, 3.8) is 0 Å². The molecule has 5 heterocycles. The van der Waals surface area contributed by atoms with Crippen LogP contribution in [-0.2, 0) is 0 Å². The number of aromatic nitrogens is 4. The number of rotatable bonds is 7. The summed E-state index contributed by atoms with van der Waals surface area (Å²) < 4.78 is 0. The molecule has 3 N–H and O–H groups in total. The fourth-order valence-corrected chi connectivity index (χ4v) is 10.6. The predicted octanol–water partition coefficient (Wildman–Crippen LogP) is 14.7. The topological polar surface area (TPSA) is 86.5 Å². The fourth-order valence-electron chi connectivity index (χ4n) is 9.86. The molecule has 3 aromatic heterocycles. The van der Waals surface area contributed by atoms with Gasteiger partial charge in [-0.05, 0) is 197 Å². The van der Waals surface area contributed by atoms with E-state index >= 15 is 0 Å². The number of carbonyl (C=O) groups excluding carboxylic acids is 1. The third-order valence-corrected chi connectivity index (χ3v) is 13.3. The minimum atomic E-state index is -0.0726. The molecule has 7 heteroatoms. The SMILES string of the molecule is CCNC(=O)Sc1ccc(-c2c3nc(c(-c4c(C)cc(C)cc4C)c4ccc([nH]4)c(-c4ccc([C]5[CH][CH][CH][CH]5)cc4)c4nc(c(-c5c(C)cc(C)cc5C)c5ccc2[nH]5)C=C4)C=C3)cc1. The lowest BCUT2D eigenvalue weighted by Crippen LogP contribution is -2.16. The van der Waals surface area contributed by atoms with Crippen LogP contribution in [0.1, 0.15) is 68.6 Å². The maximum absolute atomic E-state index is 12.6. The Morgan fingerprint density at radius 2 is 0.862 bits per heavy atom. The molecule has 0 unspecified atom stereocenters. The first-order valence-electron chi connectivity index (χ1n) is 22.2. The quantitative estimate of drug-likeness (QED) is 0.139. The van der Waals surface area contributed by atoms with E-state index in [-0.39, 0.29) is 5.24 Å². The number of aromatic amines is 2. The van der Waals surface area contributed by atoms with Gasteiger partial charge in [0.05, 0.1) is 22.8 Å². The molecule has 8 bridgehead atoms. The van der Waals surface area contributed by atoms with Crippen molar-refractivity contribution in [2.45, 2.75) is 53.4 Å². The maximum Gasteiger partial charge on any atom is 0.283 e. The zero-order chi connectivity index (χ0) is 44.9. The number of amides is 1. The minimum absolute atomic E-state index is 0.0726. The second-order valence-electron chi connectivity index (χ2n) is 17.2. The van der Waals surface area contributed by atoms with Gasteiger partial charge in [-0.1, -0.05) is 71.8 Å². The van der Waals surface area contributed by atoms with Crippen LogP contribution < -0.4 is 5.32 Å². The molecule has 1 fully saturated rings. The van der Waals surface area contributed by atoms with Gasteiger partial charge in [0.15, 0.2) is 0 Å². The molecule has 0 spiro atoms. The number of thioether (sulfide) groups is 1. The Morgan fingerprint density at radius 3 is 1.28 bits per heavy atom. The average molecular weight is 865 g/mol. The fraction of sp³-hybridized carbons (Fsp3) is 0.138. The van der Waals surface area contributed by atoms with Gasteiger partial charge in [0, 0.05) is 61.7 Å². The number of H-pyrrole nitrogens is 2. The van der Waals surface area contributed by atoms with Crippen molar-refractivity contribution in [2.24, 2.45) is 0 Å². The van der Waals surface area contributed by atoms with Crippen LogP contribution in [-0.4, -0.2) is 31.7 Å². The van der Waals surface area contributed by atoms with Crippen LogP contribution in [0.3, 0.4) is 0 Å². The van der Waals surface area contributed by atoms with E-state index in [1.54, 1.807) is 0 Å². The molecule has 0 atom stereocenters. The average Bonchev–Trinajstić information content (AvgIpc) is 4.14. The summed E-state index contributed by atoms with van der Waals surface area (Å²) in [6.07, 6.45) is 17.1. The Kier molecular flexibility index (Phi) is 11.3. The zero-order valence-corrected chi connectivity index (χ0v) is 38.6. The van der Waals surface area contributed by atoms with Gasteiger partial charge >= 0.3 is 0 Å². The summed E-state index contributed by atoms with van der Waals surface area (Å²) in [6.45, 7) is 15.6.